The van der Waals surface area contributed by atoms with Crippen molar-refractivity contribution in [1.82, 2.24) is 15.1 Å². The Morgan fingerprint density at radius 2 is 2.30 bits per heavy atom. The third-order valence-electron chi connectivity index (χ3n) is 4.28. The van der Waals surface area contributed by atoms with Crippen molar-refractivity contribution < 1.29 is 4.79 Å². The lowest BCUT2D eigenvalue weighted by molar-refractivity contribution is 0.0645. The van der Waals surface area contributed by atoms with Crippen LogP contribution in [0.5, 0.6) is 0 Å². The number of nitrogens with zero attached hydrogens (tertiary/aromatic N) is 2. The minimum absolute atomic E-state index is 0.00722. The van der Waals surface area contributed by atoms with E-state index in [-0.39, 0.29) is 11.9 Å². The standard InChI is InChI=1S/C15H20N4O/c1-2-10-9-19(8-7-12(10)16)15(20)14-11-5-3-4-6-13(11)17-18-14/h3-6,10,12H,2,7-9,16H2,1H3,(H,17,18). The van der Waals surface area contributed by atoms with Crippen LogP contribution >= 0.6 is 0 Å². The number of carbonyl (C=O) groups excluding carboxylic acids is 1. The average Bonchev–Trinajstić information content (AvgIpc) is 2.91. The molecule has 106 valence electrons. The molecule has 1 saturated heterocycles. The second-order valence-electron chi connectivity index (χ2n) is 5.49. The van der Waals surface area contributed by atoms with E-state index >= 15 is 0 Å². The van der Waals surface area contributed by atoms with E-state index in [9.17, 15) is 4.79 Å². The molecule has 2 unspecified atom stereocenters. The summed E-state index contributed by atoms with van der Waals surface area (Å²) in [6, 6.07) is 7.93. The van der Waals surface area contributed by atoms with Crippen molar-refractivity contribution in [2.24, 2.45) is 11.7 Å². The Morgan fingerprint density at radius 1 is 1.50 bits per heavy atom. The molecule has 0 radical (unpaired) electrons. The third-order valence-corrected chi connectivity index (χ3v) is 4.28. The number of likely N-dealkylation sites (tertiary alicyclic amines) is 1. The predicted octanol–water partition coefficient (Wildman–Crippen LogP) is 1.76. The van der Waals surface area contributed by atoms with Crippen LogP contribution in [0.2, 0.25) is 0 Å². The number of rotatable bonds is 2. The van der Waals surface area contributed by atoms with Gasteiger partial charge in [-0.3, -0.25) is 9.89 Å². The number of fused-ring (bicyclic) bond motifs is 1. The van der Waals surface area contributed by atoms with Crippen LogP contribution < -0.4 is 5.73 Å². The van der Waals surface area contributed by atoms with Gasteiger partial charge in [0.1, 0.15) is 0 Å². The molecular formula is C15H20N4O. The molecule has 0 spiro atoms. The van der Waals surface area contributed by atoms with Crippen molar-refractivity contribution >= 4 is 16.8 Å². The summed E-state index contributed by atoms with van der Waals surface area (Å²) in [6.45, 7) is 3.58. The highest BCUT2D eigenvalue weighted by molar-refractivity contribution is 6.04. The molecule has 0 saturated carbocycles. The SMILES string of the molecule is CCC1CN(C(=O)c2n[nH]c3ccccc23)CCC1N. The van der Waals surface area contributed by atoms with E-state index in [1.807, 2.05) is 29.2 Å². The minimum Gasteiger partial charge on any atom is -0.337 e. The minimum atomic E-state index is 0.00722. The zero-order chi connectivity index (χ0) is 14.1. The van der Waals surface area contributed by atoms with Crippen LogP contribution in [0.4, 0.5) is 0 Å². The van der Waals surface area contributed by atoms with Crippen molar-refractivity contribution in [3.63, 3.8) is 0 Å². The fraction of sp³-hybridized carbons (Fsp3) is 0.467. The second-order valence-corrected chi connectivity index (χ2v) is 5.49. The Labute approximate surface area is 118 Å². The van der Waals surface area contributed by atoms with E-state index in [1.165, 1.54) is 0 Å². The molecule has 1 aliphatic heterocycles. The topological polar surface area (TPSA) is 75.0 Å². The number of aromatic amines is 1. The molecular weight excluding hydrogens is 252 g/mol. The molecule has 2 aromatic rings. The Balaban J connectivity index is 1.85. The van der Waals surface area contributed by atoms with E-state index in [1.54, 1.807) is 0 Å². The van der Waals surface area contributed by atoms with Crippen LogP contribution in [0.1, 0.15) is 30.3 Å². The van der Waals surface area contributed by atoms with Gasteiger partial charge in [-0.2, -0.15) is 5.10 Å². The van der Waals surface area contributed by atoms with Crippen LogP contribution in [-0.2, 0) is 0 Å². The molecule has 2 atom stereocenters. The van der Waals surface area contributed by atoms with Crippen LogP contribution in [-0.4, -0.2) is 40.1 Å². The monoisotopic (exact) mass is 272 g/mol. The van der Waals surface area contributed by atoms with Crippen molar-refractivity contribution in [3.8, 4) is 0 Å². The number of hydrogen-bond acceptors (Lipinski definition) is 3. The van der Waals surface area contributed by atoms with Crippen LogP contribution in [0.15, 0.2) is 24.3 Å². The number of hydrogen-bond donors (Lipinski definition) is 2. The lowest BCUT2D eigenvalue weighted by Gasteiger charge is -2.36. The fourth-order valence-electron chi connectivity index (χ4n) is 2.94. The zero-order valence-electron chi connectivity index (χ0n) is 11.7. The fourth-order valence-corrected chi connectivity index (χ4v) is 2.94. The van der Waals surface area contributed by atoms with Gasteiger partial charge < -0.3 is 10.6 Å². The van der Waals surface area contributed by atoms with Gasteiger partial charge in [-0.1, -0.05) is 31.5 Å². The van der Waals surface area contributed by atoms with Crippen molar-refractivity contribution in [1.29, 1.82) is 0 Å². The van der Waals surface area contributed by atoms with Crippen LogP contribution in [0.3, 0.4) is 0 Å². The molecule has 1 amide bonds. The molecule has 3 rings (SSSR count). The number of nitrogens with two attached hydrogens (primary N) is 1. The van der Waals surface area contributed by atoms with Crippen LogP contribution in [0.25, 0.3) is 10.9 Å². The van der Waals surface area contributed by atoms with Crippen molar-refractivity contribution in [2.75, 3.05) is 13.1 Å². The van der Waals surface area contributed by atoms with Crippen LogP contribution in [0, 0.1) is 5.92 Å². The maximum atomic E-state index is 12.6. The first kappa shape index (κ1) is 13.1. The number of piperidine rings is 1. The lowest BCUT2D eigenvalue weighted by Crippen LogP contribution is -2.49. The molecule has 3 N–H and O–H groups in total. The molecule has 1 aromatic carbocycles. The van der Waals surface area contributed by atoms with Gasteiger partial charge in [0, 0.05) is 24.5 Å². The highest BCUT2D eigenvalue weighted by Gasteiger charge is 2.30. The molecule has 0 bridgehead atoms. The van der Waals surface area contributed by atoms with E-state index < -0.39 is 0 Å². The summed E-state index contributed by atoms with van der Waals surface area (Å²) in [5.41, 5.74) is 7.52. The molecule has 1 fully saturated rings. The number of amides is 1. The van der Waals surface area contributed by atoms with E-state index in [0.29, 0.717) is 11.6 Å². The third kappa shape index (κ3) is 2.18. The van der Waals surface area contributed by atoms with Gasteiger partial charge in [0.25, 0.3) is 5.91 Å². The Bertz CT molecular complexity index is 621. The zero-order valence-corrected chi connectivity index (χ0v) is 11.7. The summed E-state index contributed by atoms with van der Waals surface area (Å²) in [7, 11) is 0. The summed E-state index contributed by atoms with van der Waals surface area (Å²) >= 11 is 0. The second kappa shape index (κ2) is 5.25. The molecule has 5 nitrogen and oxygen atoms in total. The normalized spacial score (nSPS) is 23.2. The van der Waals surface area contributed by atoms with Crippen molar-refractivity contribution in [2.45, 2.75) is 25.8 Å². The number of H-pyrrole nitrogens is 1. The molecule has 0 aliphatic carbocycles. The van der Waals surface area contributed by atoms with Gasteiger partial charge in [-0.15, -0.1) is 0 Å². The number of nitrogens with one attached hydrogen (secondary N) is 1. The summed E-state index contributed by atoms with van der Waals surface area (Å²) in [4.78, 5) is 14.5. The summed E-state index contributed by atoms with van der Waals surface area (Å²) in [5, 5.41) is 8.00. The lowest BCUT2D eigenvalue weighted by atomic mass is 9.90. The van der Waals surface area contributed by atoms with E-state index in [2.05, 4.69) is 17.1 Å². The molecule has 1 aliphatic rings. The first-order chi connectivity index (χ1) is 9.70. The Morgan fingerprint density at radius 3 is 3.10 bits per heavy atom. The van der Waals surface area contributed by atoms with E-state index in [0.717, 1.165) is 36.8 Å². The first-order valence-corrected chi connectivity index (χ1v) is 7.18. The molecule has 5 heteroatoms. The smallest absolute Gasteiger partial charge is 0.275 e. The average molecular weight is 272 g/mol. The van der Waals surface area contributed by atoms with Gasteiger partial charge in [-0.05, 0) is 18.4 Å². The van der Waals surface area contributed by atoms with Gasteiger partial charge >= 0.3 is 0 Å². The Kier molecular flexibility index (Phi) is 3.44. The highest BCUT2D eigenvalue weighted by Crippen LogP contribution is 2.22. The largest absolute Gasteiger partial charge is 0.337 e. The molecule has 2 heterocycles. The summed E-state index contributed by atoms with van der Waals surface area (Å²) in [6.07, 6.45) is 1.87. The number of benzene rings is 1. The number of carbonyl (C=O) groups is 1. The van der Waals surface area contributed by atoms with E-state index in [4.69, 9.17) is 5.73 Å². The quantitative estimate of drug-likeness (QED) is 0.874. The van der Waals surface area contributed by atoms with Gasteiger partial charge in [-0.25, -0.2) is 0 Å². The number of aromatic nitrogens is 2. The first-order valence-electron chi connectivity index (χ1n) is 7.18. The molecule has 1 aromatic heterocycles. The van der Waals surface area contributed by atoms with Crippen molar-refractivity contribution in [3.05, 3.63) is 30.0 Å². The summed E-state index contributed by atoms with van der Waals surface area (Å²) < 4.78 is 0. The summed E-state index contributed by atoms with van der Waals surface area (Å²) in [5.74, 6) is 0.394. The van der Waals surface area contributed by atoms with Gasteiger partial charge in [0.15, 0.2) is 5.69 Å². The molecule has 20 heavy (non-hydrogen) atoms. The maximum absolute atomic E-state index is 12.6. The Hall–Kier alpha value is -1.88. The van der Waals surface area contributed by atoms with Gasteiger partial charge in [0.05, 0.1) is 5.52 Å². The predicted molar refractivity (Wildman–Crippen MR) is 78.4 cm³/mol. The highest BCUT2D eigenvalue weighted by atomic mass is 16.2. The van der Waals surface area contributed by atoms with Gasteiger partial charge in [0.2, 0.25) is 0 Å². The maximum Gasteiger partial charge on any atom is 0.275 e. The number of para-hydroxylation sites is 1.